The van der Waals surface area contributed by atoms with Crippen LogP contribution in [0.2, 0.25) is 0 Å². The van der Waals surface area contributed by atoms with Gasteiger partial charge in [0.2, 0.25) is 0 Å². The normalized spacial score (nSPS) is 15.2. The zero-order chi connectivity index (χ0) is 12.6. The summed E-state index contributed by atoms with van der Waals surface area (Å²) in [6.45, 7) is 8.03. The second kappa shape index (κ2) is 4.31. The standard InChI is InChI=1S/C12H17N3O2/c1-7(2)11-13-5-9-12(14-11)15(8(3)4)10(16)6-17-9/h5,7-8H,6H2,1-4H3. The highest BCUT2D eigenvalue weighted by Gasteiger charge is 2.29. The fourth-order valence-electron chi connectivity index (χ4n) is 1.79. The van der Waals surface area contributed by atoms with Gasteiger partial charge >= 0.3 is 0 Å². The Bertz CT molecular complexity index is 443. The fraction of sp³-hybridized carbons (Fsp3) is 0.583. The second-order valence-electron chi connectivity index (χ2n) is 4.72. The summed E-state index contributed by atoms with van der Waals surface area (Å²) in [6.07, 6.45) is 1.65. The number of hydrogen-bond acceptors (Lipinski definition) is 4. The smallest absolute Gasteiger partial charge is 0.266 e. The number of aromatic nitrogens is 2. The number of ether oxygens (including phenoxy) is 1. The summed E-state index contributed by atoms with van der Waals surface area (Å²) < 4.78 is 5.33. The number of rotatable bonds is 2. The van der Waals surface area contributed by atoms with Crippen LogP contribution in [0.25, 0.3) is 0 Å². The van der Waals surface area contributed by atoms with Crippen molar-refractivity contribution in [2.24, 2.45) is 0 Å². The van der Waals surface area contributed by atoms with E-state index in [1.807, 2.05) is 27.7 Å². The Morgan fingerprint density at radius 3 is 2.65 bits per heavy atom. The van der Waals surface area contributed by atoms with Gasteiger partial charge in [-0.15, -0.1) is 0 Å². The van der Waals surface area contributed by atoms with Gasteiger partial charge in [-0.25, -0.2) is 9.97 Å². The summed E-state index contributed by atoms with van der Waals surface area (Å²) in [7, 11) is 0. The molecule has 0 spiro atoms. The summed E-state index contributed by atoms with van der Waals surface area (Å²) in [5, 5.41) is 0. The molecule has 0 atom stereocenters. The van der Waals surface area contributed by atoms with Crippen molar-refractivity contribution < 1.29 is 9.53 Å². The van der Waals surface area contributed by atoms with Gasteiger partial charge in [0, 0.05) is 12.0 Å². The molecule has 5 nitrogen and oxygen atoms in total. The van der Waals surface area contributed by atoms with Gasteiger partial charge in [0.25, 0.3) is 5.91 Å². The second-order valence-corrected chi connectivity index (χ2v) is 4.72. The van der Waals surface area contributed by atoms with Crippen molar-refractivity contribution in [2.45, 2.75) is 39.7 Å². The van der Waals surface area contributed by atoms with E-state index in [0.29, 0.717) is 11.6 Å². The Kier molecular flexibility index (Phi) is 3.00. The van der Waals surface area contributed by atoms with Crippen molar-refractivity contribution in [3.8, 4) is 5.75 Å². The molecule has 0 fully saturated rings. The van der Waals surface area contributed by atoms with Gasteiger partial charge in [0.1, 0.15) is 5.82 Å². The van der Waals surface area contributed by atoms with Crippen molar-refractivity contribution in [1.29, 1.82) is 0 Å². The molecule has 0 N–H and O–H groups in total. The topological polar surface area (TPSA) is 55.3 Å². The molecule has 0 saturated heterocycles. The molecule has 2 heterocycles. The molecule has 0 unspecified atom stereocenters. The lowest BCUT2D eigenvalue weighted by atomic mass is 10.2. The molecule has 1 aliphatic rings. The number of anilines is 1. The predicted octanol–water partition coefficient (Wildman–Crippen LogP) is 1.73. The van der Waals surface area contributed by atoms with Gasteiger partial charge in [-0.3, -0.25) is 9.69 Å². The maximum absolute atomic E-state index is 11.8. The van der Waals surface area contributed by atoms with E-state index >= 15 is 0 Å². The van der Waals surface area contributed by atoms with Crippen LogP contribution in [0.3, 0.4) is 0 Å². The lowest BCUT2D eigenvalue weighted by Gasteiger charge is -2.31. The van der Waals surface area contributed by atoms with Crippen LogP contribution < -0.4 is 9.64 Å². The minimum Gasteiger partial charge on any atom is -0.478 e. The third-order valence-corrected chi connectivity index (χ3v) is 2.64. The van der Waals surface area contributed by atoms with E-state index < -0.39 is 0 Å². The Labute approximate surface area is 101 Å². The lowest BCUT2D eigenvalue weighted by Crippen LogP contribution is -2.44. The van der Waals surface area contributed by atoms with Crippen molar-refractivity contribution in [1.82, 2.24) is 9.97 Å². The molecule has 1 aliphatic heterocycles. The van der Waals surface area contributed by atoms with E-state index in [-0.39, 0.29) is 24.5 Å². The molecule has 92 valence electrons. The first-order valence-electron chi connectivity index (χ1n) is 5.82. The zero-order valence-corrected chi connectivity index (χ0v) is 10.6. The van der Waals surface area contributed by atoms with Gasteiger partial charge in [-0.1, -0.05) is 13.8 Å². The highest BCUT2D eigenvalue weighted by molar-refractivity contribution is 5.97. The maximum Gasteiger partial charge on any atom is 0.266 e. The number of hydrogen-bond donors (Lipinski definition) is 0. The molecule has 1 aromatic rings. The maximum atomic E-state index is 11.8. The number of carbonyl (C=O) groups is 1. The van der Waals surface area contributed by atoms with Crippen molar-refractivity contribution in [2.75, 3.05) is 11.5 Å². The summed E-state index contributed by atoms with van der Waals surface area (Å²) in [4.78, 5) is 22.2. The van der Waals surface area contributed by atoms with Crippen LogP contribution in [0.5, 0.6) is 5.75 Å². The summed E-state index contributed by atoms with van der Waals surface area (Å²) in [6, 6.07) is 0.0695. The monoisotopic (exact) mass is 235 g/mol. The lowest BCUT2D eigenvalue weighted by molar-refractivity contribution is -0.121. The van der Waals surface area contributed by atoms with Crippen LogP contribution in [0.15, 0.2) is 6.20 Å². The van der Waals surface area contributed by atoms with Gasteiger partial charge in [-0.2, -0.15) is 0 Å². The Morgan fingerprint density at radius 2 is 2.06 bits per heavy atom. The number of nitrogens with zero attached hydrogens (tertiary/aromatic N) is 3. The van der Waals surface area contributed by atoms with E-state index in [4.69, 9.17) is 4.74 Å². The number of carbonyl (C=O) groups excluding carboxylic acids is 1. The molecule has 2 rings (SSSR count). The largest absolute Gasteiger partial charge is 0.478 e. The Hall–Kier alpha value is -1.65. The fourth-order valence-corrected chi connectivity index (χ4v) is 1.79. The molecule has 0 aromatic carbocycles. The van der Waals surface area contributed by atoms with E-state index in [1.54, 1.807) is 11.1 Å². The third-order valence-electron chi connectivity index (χ3n) is 2.64. The van der Waals surface area contributed by atoms with Gasteiger partial charge in [0.15, 0.2) is 18.2 Å². The first-order chi connectivity index (χ1) is 8.00. The van der Waals surface area contributed by atoms with Crippen molar-refractivity contribution in [3.63, 3.8) is 0 Å². The molecule has 1 amide bonds. The minimum atomic E-state index is -0.0547. The molecule has 0 saturated carbocycles. The summed E-state index contributed by atoms with van der Waals surface area (Å²) in [5.41, 5.74) is 0. The van der Waals surface area contributed by atoms with Crippen LogP contribution in [-0.2, 0) is 4.79 Å². The summed E-state index contributed by atoms with van der Waals surface area (Å²) >= 11 is 0. The van der Waals surface area contributed by atoms with Crippen molar-refractivity contribution >= 4 is 11.7 Å². The highest BCUT2D eigenvalue weighted by Crippen LogP contribution is 2.31. The van der Waals surface area contributed by atoms with Crippen LogP contribution in [0.4, 0.5) is 5.82 Å². The average molecular weight is 235 g/mol. The Morgan fingerprint density at radius 1 is 1.35 bits per heavy atom. The van der Waals surface area contributed by atoms with Crippen LogP contribution >= 0.6 is 0 Å². The molecule has 1 aromatic heterocycles. The molecule has 17 heavy (non-hydrogen) atoms. The SMILES string of the molecule is CC(C)c1ncc2c(n1)N(C(C)C)C(=O)CO2. The first kappa shape index (κ1) is 11.8. The number of fused-ring (bicyclic) bond motifs is 1. The molecule has 5 heteroatoms. The van der Waals surface area contributed by atoms with E-state index in [2.05, 4.69) is 9.97 Å². The quantitative estimate of drug-likeness (QED) is 0.783. The van der Waals surface area contributed by atoms with Gasteiger partial charge < -0.3 is 4.74 Å². The van der Waals surface area contributed by atoms with Gasteiger partial charge in [0.05, 0.1) is 6.20 Å². The summed E-state index contributed by atoms with van der Waals surface area (Å²) in [5.74, 6) is 2.08. The number of amides is 1. The average Bonchev–Trinajstić information content (AvgIpc) is 2.27. The molecule has 0 radical (unpaired) electrons. The zero-order valence-electron chi connectivity index (χ0n) is 10.6. The van der Waals surface area contributed by atoms with Crippen LogP contribution in [0, 0.1) is 0 Å². The molecule has 0 bridgehead atoms. The minimum absolute atomic E-state index is 0.0547. The van der Waals surface area contributed by atoms with Gasteiger partial charge in [-0.05, 0) is 13.8 Å². The highest BCUT2D eigenvalue weighted by atomic mass is 16.5. The first-order valence-corrected chi connectivity index (χ1v) is 5.82. The predicted molar refractivity (Wildman–Crippen MR) is 64.2 cm³/mol. The van der Waals surface area contributed by atoms with E-state index in [9.17, 15) is 4.79 Å². The van der Waals surface area contributed by atoms with Crippen molar-refractivity contribution in [3.05, 3.63) is 12.0 Å². The van der Waals surface area contributed by atoms with Crippen LogP contribution in [0.1, 0.15) is 39.4 Å². The van der Waals surface area contributed by atoms with Crippen LogP contribution in [-0.4, -0.2) is 28.5 Å². The third kappa shape index (κ3) is 2.09. The van der Waals surface area contributed by atoms with E-state index in [0.717, 1.165) is 5.82 Å². The van der Waals surface area contributed by atoms with E-state index in [1.165, 1.54) is 0 Å². The molecular weight excluding hydrogens is 218 g/mol. The Balaban J connectivity index is 2.48. The molecular formula is C12H17N3O2. The molecule has 0 aliphatic carbocycles.